The first kappa shape index (κ1) is 13.1. The Morgan fingerprint density at radius 1 is 1.05 bits per heavy atom. The molecule has 0 spiro atoms. The summed E-state index contributed by atoms with van der Waals surface area (Å²) >= 11 is 11.0. The molecule has 3 heterocycles. The minimum absolute atomic E-state index is 0.422. The normalized spacial score (nSPS) is 10.9. The van der Waals surface area contributed by atoms with E-state index in [1.165, 1.54) is 0 Å². The van der Waals surface area contributed by atoms with Crippen molar-refractivity contribution < 1.29 is 0 Å². The SMILES string of the molecule is Cc1cccnc1-n1c(=S)nc2c(C)cccn2c1=S. The van der Waals surface area contributed by atoms with E-state index in [4.69, 9.17) is 24.4 Å². The van der Waals surface area contributed by atoms with Crippen LogP contribution < -0.4 is 0 Å². The fourth-order valence-corrected chi connectivity index (χ4v) is 2.77. The quantitative estimate of drug-likeness (QED) is 0.643. The van der Waals surface area contributed by atoms with E-state index in [9.17, 15) is 0 Å². The Labute approximate surface area is 126 Å². The van der Waals surface area contributed by atoms with Crippen molar-refractivity contribution in [1.82, 2.24) is 18.9 Å². The van der Waals surface area contributed by atoms with Crippen molar-refractivity contribution >= 4 is 30.1 Å². The first-order valence-electron chi connectivity index (χ1n) is 6.12. The molecule has 0 aliphatic carbocycles. The standard InChI is InChI=1S/C14H12N4S2/c1-9-5-3-7-15-11(9)18-13(19)16-12-10(2)6-4-8-17(12)14(18)20/h3-8H,1-2H3. The lowest BCUT2D eigenvalue weighted by Gasteiger charge is -2.12. The molecular weight excluding hydrogens is 288 g/mol. The van der Waals surface area contributed by atoms with Gasteiger partial charge in [-0.2, -0.15) is 0 Å². The van der Waals surface area contributed by atoms with Gasteiger partial charge in [-0.15, -0.1) is 0 Å². The number of aromatic nitrogens is 4. The van der Waals surface area contributed by atoms with Gasteiger partial charge in [0.25, 0.3) is 0 Å². The predicted molar refractivity (Wildman–Crippen MR) is 83.5 cm³/mol. The van der Waals surface area contributed by atoms with Crippen LogP contribution in [-0.2, 0) is 0 Å². The van der Waals surface area contributed by atoms with Crippen molar-refractivity contribution in [3.05, 3.63) is 57.3 Å². The Kier molecular flexibility index (Phi) is 3.19. The van der Waals surface area contributed by atoms with E-state index in [-0.39, 0.29) is 0 Å². The molecule has 3 rings (SSSR count). The minimum atomic E-state index is 0.422. The van der Waals surface area contributed by atoms with Crippen LogP contribution in [0.4, 0.5) is 0 Å². The Bertz CT molecular complexity index is 924. The van der Waals surface area contributed by atoms with Crippen molar-refractivity contribution in [3.8, 4) is 5.82 Å². The van der Waals surface area contributed by atoms with Crippen LogP contribution in [0.5, 0.6) is 0 Å². The van der Waals surface area contributed by atoms with E-state index >= 15 is 0 Å². The monoisotopic (exact) mass is 300 g/mol. The van der Waals surface area contributed by atoms with Gasteiger partial charge < -0.3 is 0 Å². The average molecular weight is 300 g/mol. The zero-order valence-electron chi connectivity index (χ0n) is 11.1. The molecule has 100 valence electrons. The first-order valence-corrected chi connectivity index (χ1v) is 6.94. The lowest BCUT2D eigenvalue weighted by Crippen LogP contribution is -2.10. The zero-order valence-corrected chi connectivity index (χ0v) is 12.7. The number of aryl methyl sites for hydroxylation is 2. The number of hydrogen-bond acceptors (Lipinski definition) is 4. The summed E-state index contributed by atoms with van der Waals surface area (Å²) in [5.41, 5.74) is 2.83. The molecule has 6 heteroatoms. The fourth-order valence-electron chi connectivity index (χ4n) is 2.13. The average Bonchev–Trinajstić information content (AvgIpc) is 2.42. The third-order valence-electron chi connectivity index (χ3n) is 3.15. The molecule has 0 unspecified atom stereocenters. The van der Waals surface area contributed by atoms with Crippen LogP contribution >= 0.6 is 24.4 Å². The third-order valence-corrected chi connectivity index (χ3v) is 3.80. The van der Waals surface area contributed by atoms with Gasteiger partial charge in [0.05, 0.1) is 0 Å². The molecule has 0 N–H and O–H groups in total. The first-order chi connectivity index (χ1) is 9.59. The molecule has 0 bridgehead atoms. The molecule has 3 aromatic heterocycles. The van der Waals surface area contributed by atoms with Gasteiger partial charge in [-0.1, -0.05) is 12.1 Å². The van der Waals surface area contributed by atoms with Crippen LogP contribution in [0.1, 0.15) is 11.1 Å². The number of nitrogens with zero attached hydrogens (tertiary/aromatic N) is 4. The largest absolute Gasteiger partial charge is 0.277 e. The van der Waals surface area contributed by atoms with Crippen LogP contribution in [0.3, 0.4) is 0 Å². The molecule has 0 saturated heterocycles. The van der Waals surface area contributed by atoms with Gasteiger partial charge in [0.1, 0.15) is 11.5 Å². The summed E-state index contributed by atoms with van der Waals surface area (Å²) in [6.07, 6.45) is 3.62. The second-order valence-corrected chi connectivity index (χ2v) is 5.27. The van der Waals surface area contributed by atoms with E-state index in [0.717, 1.165) is 22.6 Å². The summed E-state index contributed by atoms with van der Waals surface area (Å²) < 4.78 is 4.58. The molecule has 3 aromatic rings. The van der Waals surface area contributed by atoms with Crippen molar-refractivity contribution in [2.45, 2.75) is 13.8 Å². The lowest BCUT2D eigenvalue weighted by atomic mass is 10.3. The number of pyridine rings is 2. The second kappa shape index (κ2) is 4.88. The van der Waals surface area contributed by atoms with Gasteiger partial charge in [0, 0.05) is 12.4 Å². The maximum absolute atomic E-state index is 5.56. The summed E-state index contributed by atoms with van der Waals surface area (Å²) in [6, 6.07) is 7.79. The Hall–Kier alpha value is -1.92. The molecule has 0 saturated carbocycles. The van der Waals surface area contributed by atoms with E-state index in [1.54, 1.807) is 10.8 Å². The summed E-state index contributed by atoms with van der Waals surface area (Å²) in [5, 5.41) is 0. The smallest absolute Gasteiger partial charge is 0.209 e. The number of hydrogen-bond donors (Lipinski definition) is 0. The maximum Gasteiger partial charge on any atom is 0.209 e. The van der Waals surface area contributed by atoms with Gasteiger partial charge in [0.2, 0.25) is 4.77 Å². The molecule has 0 aliphatic heterocycles. The zero-order chi connectivity index (χ0) is 14.3. The topological polar surface area (TPSA) is 35.1 Å². The van der Waals surface area contributed by atoms with Crippen LogP contribution in [0.15, 0.2) is 36.7 Å². The van der Waals surface area contributed by atoms with Gasteiger partial charge in [-0.3, -0.25) is 4.40 Å². The van der Waals surface area contributed by atoms with E-state index in [2.05, 4.69) is 9.97 Å². The third kappa shape index (κ3) is 1.97. The van der Waals surface area contributed by atoms with E-state index < -0.39 is 0 Å². The van der Waals surface area contributed by atoms with E-state index in [0.29, 0.717) is 9.54 Å². The second-order valence-electron chi connectivity index (χ2n) is 4.54. The molecule has 0 radical (unpaired) electrons. The van der Waals surface area contributed by atoms with Crippen LogP contribution in [-0.4, -0.2) is 18.9 Å². The molecule has 20 heavy (non-hydrogen) atoms. The van der Waals surface area contributed by atoms with E-state index in [1.807, 2.05) is 48.7 Å². The Balaban J connectivity index is 2.48. The predicted octanol–water partition coefficient (Wildman–Crippen LogP) is 3.60. The molecule has 0 amide bonds. The molecule has 4 nitrogen and oxygen atoms in total. The van der Waals surface area contributed by atoms with Crippen LogP contribution in [0, 0.1) is 23.4 Å². The molecule has 0 aliphatic rings. The highest BCUT2D eigenvalue weighted by Gasteiger charge is 2.09. The number of rotatable bonds is 1. The number of fused-ring (bicyclic) bond motifs is 1. The van der Waals surface area contributed by atoms with Gasteiger partial charge in [0.15, 0.2) is 4.77 Å². The van der Waals surface area contributed by atoms with Crippen molar-refractivity contribution in [3.63, 3.8) is 0 Å². The van der Waals surface area contributed by atoms with Gasteiger partial charge in [-0.25, -0.2) is 14.5 Å². The summed E-state index contributed by atoms with van der Waals surface area (Å²) in [4.78, 5) is 8.86. The van der Waals surface area contributed by atoms with Gasteiger partial charge >= 0.3 is 0 Å². The van der Waals surface area contributed by atoms with Crippen molar-refractivity contribution in [2.75, 3.05) is 0 Å². The minimum Gasteiger partial charge on any atom is -0.277 e. The summed E-state index contributed by atoms with van der Waals surface area (Å²) in [5.74, 6) is 0.728. The fraction of sp³-hybridized carbons (Fsp3) is 0.143. The Morgan fingerprint density at radius 3 is 2.55 bits per heavy atom. The molecular formula is C14H12N4S2. The summed E-state index contributed by atoms with van der Waals surface area (Å²) in [6.45, 7) is 3.96. The molecule has 0 fully saturated rings. The van der Waals surface area contributed by atoms with Gasteiger partial charge in [-0.05, 0) is 61.5 Å². The highest BCUT2D eigenvalue weighted by atomic mass is 32.1. The highest BCUT2D eigenvalue weighted by molar-refractivity contribution is 7.72. The lowest BCUT2D eigenvalue weighted by molar-refractivity contribution is 0.823. The maximum atomic E-state index is 5.56. The van der Waals surface area contributed by atoms with Crippen molar-refractivity contribution in [2.24, 2.45) is 0 Å². The summed E-state index contributed by atoms with van der Waals surface area (Å²) in [7, 11) is 0. The van der Waals surface area contributed by atoms with Crippen LogP contribution in [0.2, 0.25) is 0 Å². The molecule has 0 aromatic carbocycles. The van der Waals surface area contributed by atoms with Crippen LogP contribution in [0.25, 0.3) is 11.5 Å². The Morgan fingerprint density at radius 2 is 1.80 bits per heavy atom. The molecule has 0 atom stereocenters. The van der Waals surface area contributed by atoms with Crippen molar-refractivity contribution in [1.29, 1.82) is 0 Å². The highest BCUT2D eigenvalue weighted by Crippen LogP contribution is 2.14.